The summed E-state index contributed by atoms with van der Waals surface area (Å²) in [6.07, 6.45) is 0.973. The average Bonchev–Trinajstić information content (AvgIpc) is 2.40. The Bertz CT molecular complexity index is 437. The van der Waals surface area contributed by atoms with Crippen LogP contribution in [0.1, 0.15) is 18.3 Å². The number of anilines is 2. The third kappa shape index (κ3) is 3.54. The minimum Gasteiger partial charge on any atom is -0.383 e. The lowest BCUT2D eigenvalue weighted by Crippen LogP contribution is -2.43. The molecule has 1 fully saturated rings. The molecule has 1 saturated heterocycles. The van der Waals surface area contributed by atoms with E-state index in [1.54, 1.807) is 0 Å². The molecule has 0 amide bonds. The number of nitrogens with one attached hydrogen (secondary N) is 1. The Kier molecular flexibility index (Phi) is 4.55. The van der Waals surface area contributed by atoms with Crippen LogP contribution >= 0.6 is 0 Å². The van der Waals surface area contributed by atoms with E-state index in [0.717, 1.165) is 49.9 Å². The van der Waals surface area contributed by atoms with Crippen LogP contribution in [0.4, 0.5) is 11.6 Å². The number of hydrogen-bond donors (Lipinski definition) is 2. The summed E-state index contributed by atoms with van der Waals surface area (Å²) in [6.45, 7) is 7.42. The van der Waals surface area contributed by atoms with Crippen molar-refractivity contribution < 1.29 is 4.74 Å². The van der Waals surface area contributed by atoms with Crippen molar-refractivity contribution in [1.29, 1.82) is 0 Å². The van der Waals surface area contributed by atoms with Crippen LogP contribution < -0.4 is 11.1 Å². The van der Waals surface area contributed by atoms with Crippen LogP contribution in [0.5, 0.6) is 0 Å². The van der Waals surface area contributed by atoms with Gasteiger partial charge in [-0.05, 0) is 14.0 Å². The predicted octanol–water partition coefficient (Wildman–Crippen LogP) is 0.672. The Morgan fingerprint density at radius 1 is 1.47 bits per heavy atom. The van der Waals surface area contributed by atoms with Gasteiger partial charge in [0.15, 0.2) is 0 Å². The van der Waals surface area contributed by atoms with Crippen LogP contribution in [0, 0.1) is 6.92 Å². The van der Waals surface area contributed by atoms with Crippen molar-refractivity contribution in [3.63, 3.8) is 0 Å². The monoisotopic (exact) mass is 265 g/mol. The Morgan fingerprint density at radius 2 is 2.26 bits per heavy atom. The number of rotatable bonds is 4. The predicted molar refractivity (Wildman–Crippen MR) is 76.3 cm³/mol. The van der Waals surface area contributed by atoms with E-state index in [-0.39, 0.29) is 6.10 Å². The first-order valence-corrected chi connectivity index (χ1v) is 6.77. The third-order valence-corrected chi connectivity index (χ3v) is 3.39. The molecule has 1 atom stereocenters. The third-order valence-electron chi connectivity index (χ3n) is 3.39. The molecule has 0 bridgehead atoms. The van der Waals surface area contributed by atoms with E-state index < -0.39 is 0 Å². The van der Waals surface area contributed by atoms with Crippen molar-refractivity contribution in [3.8, 4) is 0 Å². The van der Waals surface area contributed by atoms with Gasteiger partial charge in [-0.1, -0.05) is 6.92 Å². The van der Waals surface area contributed by atoms with Gasteiger partial charge in [0.1, 0.15) is 17.5 Å². The highest BCUT2D eigenvalue weighted by Gasteiger charge is 2.18. The number of nitrogens with zero attached hydrogens (tertiary/aromatic N) is 3. The van der Waals surface area contributed by atoms with Crippen LogP contribution in [0.2, 0.25) is 0 Å². The van der Waals surface area contributed by atoms with Crippen LogP contribution in [0.25, 0.3) is 0 Å². The smallest absolute Gasteiger partial charge is 0.134 e. The summed E-state index contributed by atoms with van der Waals surface area (Å²) in [6, 6.07) is 0. The molecule has 1 aliphatic rings. The van der Waals surface area contributed by atoms with Gasteiger partial charge in [0.25, 0.3) is 0 Å². The van der Waals surface area contributed by atoms with E-state index in [4.69, 9.17) is 10.5 Å². The van der Waals surface area contributed by atoms with Gasteiger partial charge in [-0.2, -0.15) is 0 Å². The Morgan fingerprint density at radius 3 is 2.95 bits per heavy atom. The highest BCUT2D eigenvalue weighted by molar-refractivity contribution is 5.54. The van der Waals surface area contributed by atoms with E-state index in [2.05, 4.69) is 27.2 Å². The minimum absolute atomic E-state index is 0.194. The van der Waals surface area contributed by atoms with Crippen molar-refractivity contribution in [1.82, 2.24) is 14.9 Å². The normalized spacial score (nSPS) is 20.5. The van der Waals surface area contributed by atoms with E-state index in [9.17, 15) is 0 Å². The van der Waals surface area contributed by atoms with Crippen molar-refractivity contribution in [2.75, 3.05) is 44.3 Å². The van der Waals surface area contributed by atoms with Crippen molar-refractivity contribution in [2.24, 2.45) is 0 Å². The van der Waals surface area contributed by atoms with Gasteiger partial charge in [0.05, 0.1) is 12.7 Å². The summed E-state index contributed by atoms with van der Waals surface area (Å²) >= 11 is 0. The first-order chi connectivity index (χ1) is 9.10. The Labute approximate surface area is 114 Å². The molecular weight excluding hydrogens is 242 g/mol. The average molecular weight is 265 g/mol. The van der Waals surface area contributed by atoms with Crippen LogP contribution in [-0.4, -0.2) is 54.3 Å². The summed E-state index contributed by atoms with van der Waals surface area (Å²) in [7, 11) is 2.11. The topological polar surface area (TPSA) is 76.3 Å². The van der Waals surface area contributed by atoms with Crippen molar-refractivity contribution in [2.45, 2.75) is 26.4 Å². The van der Waals surface area contributed by atoms with E-state index in [1.807, 2.05) is 13.8 Å². The molecule has 19 heavy (non-hydrogen) atoms. The number of aromatic nitrogens is 2. The number of likely N-dealkylation sites (N-methyl/N-ethyl adjacent to an activating group) is 1. The SMILES string of the molecule is CCc1nc(N)c(C)c(NCC2CN(C)CCO2)n1. The summed E-state index contributed by atoms with van der Waals surface area (Å²) in [5.74, 6) is 2.14. The van der Waals surface area contributed by atoms with E-state index in [0.29, 0.717) is 5.82 Å². The second-order valence-electron chi connectivity index (χ2n) is 4.99. The van der Waals surface area contributed by atoms with Gasteiger partial charge in [-0.25, -0.2) is 9.97 Å². The first-order valence-electron chi connectivity index (χ1n) is 6.77. The lowest BCUT2D eigenvalue weighted by molar-refractivity contribution is -0.0117. The molecule has 1 aliphatic heterocycles. The number of hydrogen-bond acceptors (Lipinski definition) is 6. The summed E-state index contributed by atoms with van der Waals surface area (Å²) < 4.78 is 5.72. The zero-order valence-electron chi connectivity index (χ0n) is 11.9. The summed E-state index contributed by atoms with van der Waals surface area (Å²) in [5, 5.41) is 3.34. The summed E-state index contributed by atoms with van der Waals surface area (Å²) in [4.78, 5) is 11.0. The number of ether oxygens (including phenoxy) is 1. The summed E-state index contributed by atoms with van der Waals surface area (Å²) in [5.41, 5.74) is 6.80. The molecule has 0 saturated carbocycles. The standard InChI is InChI=1S/C13H23N5O/c1-4-11-16-12(14)9(2)13(17-11)15-7-10-8-18(3)5-6-19-10/h10H,4-8H2,1-3H3,(H3,14,15,16,17). The molecule has 3 N–H and O–H groups in total. The van der Waals surface area contributed by atoms with E-state index >= 15 is 0 Å². The molecule has 2 rings (SSSR count). The molecule has 2 heterocycles. The lowest BCUT2D eigenvalue weighted by Gasteiger charge is -2.30. The molecule has 0 aromatic carbocycles. The van der Waals surface area contributed by atoms with Crippen LogP contribution in [-0.2, 0) is 11.2 Å². The van der Waals surface area contributed by atoms with Gasteiger partial charge in [-0.3, -0.25) is 0 Å². The van der Waals surface area contributed by atoms with Gasteiger partial charge < -0.3 is 20.7 Å². The fraction of sp³-hybridized carbons (Fsp3) is 0.692. The van der Waals surface area contributed by atoms with Crippen molar-refractivity contribution in [3.05, 3.63) is 11.4 Å². The second-order valence-corrected chi connectivity index (χ2v) is 4.99. The zero-order chi connectivity index (χ0) is 13.8. The van der Waals surface area contributed by atoms with Gasteiger partial charge in [-0.15, -0.1) is 0 Å². The van der Waals surface area contributed by atoms with Gasteiger partial charge in [0, 0.05) is 31.6 Å². The fourth-order valence-electron chi connectivity index (χ4n) is 2.11. The highest BCUT2D eigenvalue weighted by Crippen LogP contribution is 2.17. The molecule has 0 radical (unpaired) electrons. The molecule has 0 aliphatic carbocycles. The molecule has 6 nitrogen and oxygen atoms in total. The number of morpholine rings is 1. The Hall–Kier alpha value is -1.40. The molecular formula is C13H23N5O. The maximum atomic E-state index is 5.90. The second kappa shape index (κ2) is 6.16. The maximum Gasteiger partial charge on any atom is 0.134 e. The van der Waals surface area contributed by atoms with Gasteiger partial charge >= 0.3 is 0 Å². The zero-order valence-corrected chi connectivity index (χ0v) is 11.9. The number of nitrogen functional groups attached to an aromatic ring is 1. The number of nitrogens with two attached hydrogens (primary N) is 1. The molecule has 1 aromatic rings. The molecule has 1 aromatic heterocycles. The lowest BCUT2D eigenvalue weighted by atomic mass is 10.2. The maximum absolute atomic E-state index is 5.90. The largest absolute Gasteiger partial charge is 0.383 e. The Balaban J connectivity index is 2.00. The van der Waals surface area contributed by atoms with Crippen LogP contribution in [0.3, 0.4) is 0 Å². The number of aryl methyl sites for hydroxylation is 1. The quantitative estimate of drug-likeness (QED) is 0.833. The molecule has 106 valence electrons. The van der Waals surface area contributed by atoms with E-state index in [1.165, 1.54) is 0 Å². The first kappa shape index (κ1) is 14.0. The molecule has 6 heteroatoms. The highest BCUT2D eigenvalue weighted by atomic mass is 16.5. The van der Waals surface area contributed by atoms with Gasteiger partial charge in [0.2, 0.25) is 0 Å². The fourth-order valence-corrected chi connectivity index (χ4v) is 2.11. The minimum atomic E-state index is 0.194. The molecule has 0 spiro atoms. The van der Waals surface area contributed by atoms with Crippen molar-refractivity contribution >= 4 is 11.6 Å². The molecule has 1 unspecified atom stereocenters. The van der Waals surface area contributed by atoms with Crippen LogP contribution in [0.15, 0.2) is 0 Å².